The van der Waals surface area contributed by atoms with Gasteiger partial charge in [0.15, 0.2) is 0 Å². The van der Waals surface area contributed by atoms with Gasteiger partial charge in [-0.25, -0.2) is 9.59 Å². The van der Waals surface area contributed by atoms with Crippen LogP contribution in [0.3, 0.4) is 0 Å². The predicted octanol–water partition coefficient (Wildman–Crippen LogP) is 2.26. The SMILES string of the molecule is CCC1CCCCC1NC(=O)NC1(C(=O)O)CCC1. The van der Waals surface area contributed by atoms with Crippen LogP contribution in [0.2, 0.25) is 0 Å². The first-order chi connectivity index (χ1) is 9.07. The molecule has 0 saturated heterocycles. The van der Waals surface area contributed by atoms with E-state index in [0.29, 0.717) is 18.8 Å². The number of hydrogen-bond acceptors (Lipinski definition) is 2. The van der Waals surface area contributed by atoms with E-state index in [2.05, 4.69) is 17.6 Å². The first-order valence-corrected chi connectivity index (χ1v) is 7.39. The Kier molecular flexibility index (Phi) is 4.32. The van der Waals surface area contributed by atoms with E-state index in [1.807, 2.05) is 0 Å². The lowest BCUT2D eigenvalue weighted by Gasteiger charge is -2.39. The Morgan fingerprint density at radius 1 is 1.21 bits per heavy atom. The summed E-state index contributed by atoms with van der Waals surface area (Å²) < 4.78 is 0. The average molecular weight is 268 g/mol. The van der Waals surface area contributed by atoms with E-state index in [1.165, 1.54) is 6.42 Å². The second-order valence-electron chi connectivity index (χ2n) is 5.90. The molecule has 0 aromatic carbocycles. The maximum Gasteiger partial charge on any atom is 0.329 e. The molecule has 19 heavy (non-hydrogen) atoms. The van der Waals surface area contributed by atoms with Crippen molar-refractivity contribution in [3.63, 3.8) is 0 Å². The van der Waals surface area contributed by atoms with Crippen molar-refractivity contribution in [1.82, 2.24) is 10.6 Å². The van der Waals surface area contributed by atoms with Crippen molar-refractivity contribution in [2.45, 2.75) is 69.9 Å². The number of aliphatic carboxylic acids is 1. The second kappa shape index (κ2) is 5.80. The van der Waals surface area contributed by atoms with Gasteiger partial charge in [-0.15, -0.1) is 0 Å². The standard InChI is InChI=1S/C14H24N2O3/c1-2-10-6-3-4-7-11(10)15-13(19)16-14(12(17)18)8-5-9-14/h10-11H,2-9H2,1H3,(H,17,18)(H2,15,16,19). The average Bonchev–Trinajstić information content (AvgIpc) is 2.34. The first-order valence-electron chi connectivity index (χ1n) is 7.39. The van der Waals surface area contributed by atoms with Gasteiger partial charge < -0.3 is 15.7 Å². The Morgan fingerprint density at radius 2 is 1.89 bits per heavy atom. The van der Waals surface area contributed by atoms with Crippen LogP contribution in [-0.4, -0.2) is 28.7 Å². The van der Waals surface area contributed by atoms with Crippen LogP contribution in [0.25, 0.3) is 0 Å². The molecule has 2 rings (SSSR count). The van der Waals surface area contributed by atoms with Crippen LogP contribution in [-0.2, 0) is 4.79 Å². The zero-order valence-electron chi connectivity index (χ0n) is 11.6. The van der Waals surface area contributed by atoms with Gasteiger partial charge in [0.05, 0.1) is 0 Å². The Bertz CT molecular complexity index is 353. The van der Waals surface area contributed by atoms with Gasteiger partial charge in [0.25, 0.3) is 0 Å². The smallest absolute Gasteiger partial charge is 0.329 e. The highest BCUT2D eigenvalue weighted by atomic mass is 16.4. The van der Waals surface area contributed by atoms with Crippen LogP contribution in [0.5, 0.6) is 0 Å². The van der Waals surface area contributed by atoms with Crippen LogP contribution >= 0.6 is 0 Å². The molecule has 0 heterocycles. The highest BCUT2D eigenvalue weighted by Crippen LogP contribution is 2.32. The lowest BCUT2D eigenvalue weighted by Crippen LogP contribution is -2.62. The highest BCUT2D eigenvalue weighted by Gasteiger charge is 2.46. The van der Waals surface area contributed by atoms with Gasteiger partial charge in [0.2, 0.25) is 0 Å². The summed E-state index contributed by atoms with van der Waals surface area (Å²) in [5, 5.41) is 14.9. The number of carbonyl (C=O) groups excluding carboxylic acids is 1. The molecule has 0 aromatic heterocycles. The monoisotopic (exact) mass is 268 g/mol. The highest BCUT2D eigenvalue weighted by molar-refractivity contribution is 5.87. The minimum atomic E-state index is -1.01. The molecule has 3 N–H and O–H groups in total. The van der Waals surface area contributed by atoms with Crippen LogP contribution in [0.1, 0.15) is 58.3 Å². The normalized spacial score (nSPS) is 29.1. The third kappa shape index (κ3) is 3.01. The maximum absolute atomic E-state index is 12.0. The molecule has 0 aromatic rings. The van der Waals surface area contributed by atoms with E-state index >= 15 is 0 Å². The molecule has 2 fully saturated rings. The van der Waals surface area contributed by atoms with Crippen LogP contribution < -0.4 is 10.6 Å². The number of urea groups is 1. The lowest BCUT2D eigenvalue weighted by atomic mass is 9.77. The minimum absolute atomic E-state index is 0.199. The molecule has 2 atom stereocenters. The summed E-state index contributed by atoms with van der Waals surface area (Å²) >= 11 is 0. The van der Waals surface area contributed by atoms with Crippen molar-refractivity contribution >= 4 is 12.0 Å². The molecule has 0 bridgehead atoms. The van der Waals surface area contributed by atoms with E-state index in [4.69, 9.17) is 0 Å². The summed E-state index contributed by atoms with van der Waals surface area (Å²) in [5.41, 5.74) is -1.01. The summed E-state index contributed by atoms with van der Waals surface area (Å²) in [5.74, 6) is -0.383. The number of carbonyl (C=O) groups is 2. The molecule has 5 nitrogen and oxygen atoms in total. The number of nitrogens with one attached hydrogen (secondary N) is 2. The van der Waals surface area contributed by atoms with E-state index in [1.54, 1.807) is 0 Å². The fourth-order valence-electron chi connectivity index (χ4n) is 3.23. The number of rotatable bonds is 4. The topological polar surface area (TPSA) is 78.4 Å². The quantitative estimate of drug-likeness (QED) is 0.731. The first kappa shape index (κ1) is 14.2. The molecule has 108 valence electrons. The second-order valence-corrected chi connectivity index (χ2v) is 5.90. The number of amides is 2. The van der Waals surface area contributed by atoms with E-state index in [-0.39, 0.29) is 12.1 Å². The largest absolute Gasteiger partial charge is 0.480 e. The number of carboxylic acid groups (broad SMARTS) is 1. The molecule has 2 saturated carbocycles. The Morgan fingerprint density at radius 3 is 2.42 bits per heavy atom. The zero-order chi connectivity index (χ0) is 13.9. The molecule has 5 heteroatoms. The van der Waals surface area contributed by atoms with Gasteiger partial charge in [-0.1, -0.05) is 26.2 Å². The minimum Gasteiger partial charge on any atom is -0.480 e. The molecular weight excluding hydrogens is 244 g/mol. The molecule has 2 amide bonds. The van der Waals surface area contributed by atoms with Crippen molar-refractivity contribution < 1.29 is 14.7 Å². The van der Waals surface area contributed by atoms with Crippen molar-refractivity contribution in [2.24, 2.45) is 5.92 Å². The van der Waals surface area contributed by atoms with Crippen molar-refractivity contribution in [3.05, 3.63) is 0 Å². The summed E-state index contributed by atoms with van der Waals surface area (Å²) in [4.78, 5) is 23.2. The molecule has 0 radical (unpaired) electrons. The fourth-order valence-corrected chi connectivity index (χ4v) is 3.23. The molecule has 2 aliphatic carbocycles. The molecular formula is C14H24N2O3. The van der Waals surface area contributed by atoms with Gasteiger partial charge in [-0.3, -0.25) is 0 Å². The zero-order valence-corrected chi connectivity index (χ0v) is 11.6. The van der Waals surface area contributed by atoms with Crippen molar-refractivity contribution in [2.75, 3.05) is 0 Å². The third-order valence-corrected chi connectivity index (χ3v) is 4.72. The van der Waals surface area contributed by atoms with Crippen LogP contribution in [0.15, 0.2) is 0 Å². The Hall–Kier alpha value is -1.26. The lowest BCUT2D eigenvalue weighted by molar-refractivity contribution is -0.148. The fraction of sp³-hybridized carbons (Fsp3) is 0.857. The Balaban J connectivity index is 1.88. The van der Waals surface area contributed by atoms with Gasteiger partial charge >= 0.3 is 12.0 Å². The number of carboxylic acids is 1. The maximum atomic E-state index is 12.0. The predicted molar refractivity (Wildman–Crippen MR) is 71.9 cm³/mol. The summed E-state index contributed by atoms with van der Waals surface area (Å²) in [6.45, 7) is 2.15. The van der Waals surface area contributed by atoms with Crippen molar-refractivity contribution in [3.8, 4) is 0 Å². The van der Waals surface area contributed by atoms with E-state index < -0.39 is 11.5 Å². The number of hydrogen-bond donors (Lipinski definition) is 3. The van der Waals surface area contributed by atoms with Gasteiger partial charge in [0, 0.05) is 6.04 Å². The molecule has 2 unspecified atom stereocenters. The molecule has 0 aliphatic heterocycles. The van der Waals surface area contributed by atoms with Crippen LogP contribution in [0, 0.1) is 5.92 Å². The van der Waals surface area contributed by atoms with Gasteiger partial charge in [-0.05, 0) is 38.0 Å². The van der Waals surface area contributed by atoms with E-state index in [9.17, 15) is 14.7 Å². The molecule has 0 spiro atoms. The summed E-state index contributed by atoms with van der Waals surface area (Å²) in [6.07, 6.45) is 7.55. The summed E-state index contributed by atoms with van der Waals surface area (Å²) in [6, 6.07) is -0.114. The van der Waals surface area contributed by atoms with Crippen molar-refractivity contribution in [1.29, 1.82) is 0 Å². The molecule has 2 aliphatic rings. The van der Waals surface area contributed by atoms with Crippen LogP contribution in [0.4, 0.5) is 4.79 Å². The van der Waals surface area contributed by atoms with E-state index in [0.717, 1.165) is 32.1 Å². The van der Waals surface area contributed by atoms with Gasteiger partial charge in [-0.2, -0.15) is 0 Å². The Labute approximate surface area is 114 Å². The summed E-state index contributed by atoms with van der Waals surface area (Å²) in [7, 11) is 0. The third-order valence-electron chi connectivity index (χ3n) is 4.72. The van der Waals surface area contributed by atoms with Gasteiger partial charge in [0.1, 0.15) is 5.54 Å².